The number of nitrogens with one attached hydrogen (secondary N) is 1. The molecule has 0 radical (unpaired) electrons. The smallest absolute Gasteiger partial charge is 0.246 e. The Morgan fingerprint density at radius 3 is 2.67 bits per heavy atom. The minimum absolute atomic E-state index is 0.0553. The van der Waals surface area contributed by atoms with Gasteiger partial charge in [-0.1, -0.05) is 42.4 Å². The van der Waals surface area contributed by atoms with Gasteiger partial charge in [-0.25, -0.2) is 4.39 Å². The summed E-state index contributed by atoms with van der Waals surface area (Å²) in [5, 5.41) is 6.76. The molecule has 0 aliphatic carbocycles. The lowest BCUT2D eigenvalue weighted by molar-refractivity contribution is -0.126. The first-order chi connectivity index (χ1) is 13.1. The highest BCUT2D eigenvalue weighted by atomic mass is 19.1. The molecule has 1 N–H and O–H groups in total. The number of nitrogens with zero attached hydrogens (tertiary/aromatic N) is 1. The number of hydrogen-bond donors (Lipinski definition) is 1. The molecule has 0 fully saturated rings. The number of ether oxygens (including phenoxy) is 1. The van der Waals surface area contributed by atoms with Crippen LogP contribution < -0.4 is 5.32 Å². The van der Waals surface area contributed by atoms with E-state index in [1.165, 1.54) is 17.7 Å². The molecule has 0 saturated carbocycles. The first kappa shape index (κ1) is 18.8. The van der Waals surface area contributed by atoms with Crippen LogP contribution >= 0.6 is 0 Å². The quantitative estimate of drug-likeness (QED) is 0.655. The third kappa shape index (κ3) is 5.49. The minimum atomic E-state index is -0.311. The first-order valence-electron chi connectivity index (χ1n) is 8.73. The Kier molecular flexibility index (Phi) is 6.33. The van der Waals surface area contributed by atoms with Gasteiger partial charge in [0.2, 0.25) is 5.91 Å². The Hall–Kier alpha value is -2.99. The van der Waals surface area contributed by atoms with Crippen molar-refractivity contribution in [2.45, 2.75) is 19.4 Å². The van der Waals surface area contributed by atoms with Crippen molar-refractivity contribution in [1.29, 1.82) is 0 Å². The molecule has 5 nitrogen and oxygen atoms in total. The molecular formula is C21H21FN2O3. The lowest BCUT2D eigenvalue weighted by Crippen LogP contribution is -2.30. The van der Waals surface area contributed by atoms with Gasteiger partial charge in [0.05, 0.1) is 6.61 Å². The van der Waals surface area contributed by atoms with Gasteiger partial charge in [0.25, 0.3) is 0 Å². The average Bonchev–Trinajstić information content (AvgIpc) is 3.16. The molecule has 6 heteroatoms. The highest BCUT2D eigenvalue weighted by Gasteiger charge is 2.10. The zero-order chi connectivity index (χ0) is 19.1. The highest BCUT2D eigenvalue weighted by Crippen LogP contribution is 2.20. The summed E-state index contributed by atoms with van der Waals surface area (Å²) in [7, 11) is 0. The van der Waals surface area contributed by atoms with Gasteiger partial charge in [-0.2, -0.15) is 0 Å². The van der Waals surface area contributed by atoms with Crippen LogP contribution in [0.1, 0.15) is 24.1 Å². The molecule has 1 unspecified atom stereocenters. The zero-order valence-electron chi connectivity index (χ0n) is 15.0. The SMILES string of the molecule is CC(CNC(=O)COCc1cc(-c2ccc(F)cc2)on1)c1ccccc1. The van der Waals surface area contributed by atoms with Gasteiger partial charge in [0, 0.05) is 18.2 Å². The van der Waals surface area contributed by atoms with Crippen molar-refractivity contribution in [3.8, 4) is 11.3 Å². The van der Waals surface area contributed by atoms with Gasteiger partial charge in [0.1, 0.15) is 18.1 Å². The van der Waals surface area contributed by atoms with Crippen LogP contribution in [0.3, 0.4) is 0 Å². The standard InChI is InChI=1S/C21H21FN2O3/c1-15(16-5-3-2-4-6-16)12-23-21(25)14-26-13-19-11-20(27-24-19)17-7-9-18(22)10-8-17/h2-11,15H,12-14H2,1H3,(H,23,25). The number of benzene rings is 2. The molecule has 3 aromatic rings. The third-order valence-electron chi connectivity index (χ3n) is 4.14. The Morgan fingerprint density at radius 1 is 1.19 bits per heavy atom. The summed E-state index contributed by atoms with van der Waals surface area (Å²) in [6.45, 7) is 2.71. The van der Waals surface area contributed by atoms with Crippen LogP contribution in [-0.4, -0.2) is 24.2 Å². The number of aromatic nitrogens is 1. The third-order valence-corrected chi connectivity index (χ3v) is 4.14. The Bertz CT molecular complexity index is 863. The maximum Gasteiger partial charge on any atom is 0.246 e. The lowest BCUT2D eigenvalue weighted by Gasteiger charge is -2.13. The maximum atomic E-state index is 13.0. The molecule has 0 saturated heterocycles. The van der Waals surface area contributed by atoms with Crippen LogP contribution in [0.25, 0.3) is 11.3 Å². The van der Waals surface area contributed by atoms with Gasteiger partial charge in [-0.15, -0.1) is 0 Å². The van der Waals surface area contributed by atoms with E-state index in [4.69, 9.17) is 9.26 Å². The van der Waals surface area contributed by atoms with E-state index in [1.54, 1.807) is 18.2 Å². The molecule has 3 rings (SSSR count). The number of rotatable bonds is 8. The van der Waals surface area contributed by atoms with Gasteiger partial charge in [-0.05, 0) is 35.7 Å². The number of hydrogen-bond acceptors (Lipinski definition) is 4. The number of carbonyl (C=O) groups excluding carboxylic acids is 1. The molecule has 2 aromatic carbocycles. The molecule has 1 atom stereocenters. The molecule has 0 aliphatic rings. The molecule has 1 aromatic heterocycles. The summed E-state index contributed by atoms with van der Waals surface area (Å²) in [4.78, 5) is 11.9. The van der Waals surface area contributed by atoms with Crippen LogP contribution in [0.5, 0.6) is 0 Å². The summed E-state index contributed by atoms with van der Waals surface area (Å²) in [6.07, 6.45) is 0. The monoisotopic (exact) mass is 368 g/mol. The molecule has 27 heavy (non-hydrogen) atoms. The molecule has 0 bridgehead atoms. The van der Waals surface area contributed by atoms with Crippen molar-refractivity contribution in [1.82, 2.24) is 10.5 Å². The second kappa shape index (κ2) is 9.09. The van der Waals surface area contributed by atoms with E-state index < -0.39 is 0 Å². The second-order valence-corrected chi connectivity index (χ2v) is 6.30. The fraction of sp³-hybridized carbons (Fsp3) is 0.238. The molecule has 1 heterocycles. The normalized spacial score (nSPS) is 11.9. The van der Waals surface area contributed by atoms with E-state index in [-0.39, 0.29) is 30.9 Å². The molecule has 140 valence electrons. The highest BCUT2D eigenvalue weighted by molar-refractivity contribution is 5.77. The number of carbonyl (C=O) groups is 1. The van der Waals surface area contributed by atoms with Crippen LogP contribution in [0.15, 0.2) is 65.2 Å². The van der Waals surface area contributed by atoms with E-state index in [9.17, 15) is 9.18 Å². The fourth-order valence-corrected chi connectivity index (χ4v) is 2.60. The summed E-state index contributed by atoms with van der Waals surface area (Å²) < 4.78 is 23.6. The van der Waals surface area contributed by atoms with E-state index >= 15 is 0 Å². The van der Waals surface area contributed by atoms with Crippen molar-refractivity contribution in [3.05, 3.63) is 77.7 Å². The molecule has 1 amide bonds. The predicted molar refractivity (Wildman–Crippen MR) is 99.4 cm³/mol. The van der Waals surface area contributed by atoms with Gasteiger partial charge < -0.3 is 14.6 Å². The first-order valence-corrected chi connectivity index (χ1v) is 8.73. The Morgan fingerprint density at radius 2 is 1.93 bits per heavy atom. The van der Waals surface area contributed by atoms with E-state index in [2.05, 4.69) is 17.4 Å². The van der Waals surface area contributed by atoms with E-state index in [1.807, 2.05) is 30.3 Å². The minimum Gasteiger partial charge on any atom is -0.365 e. The number of amides is 1. The number of halogens is 1. The summed E-state index contributed by atoms with van der Waals surface area (Å²) in [5.41, 5.74) is 2.47. The summed E-state index contributed by atoms with van der Waals surface area (Å²) >= 11 is 0. The second-order valence-electron chi connectivity index (χ2n) is 6.30. The summed E-state index contributed by atoms with van der Waals surface area (Å²) in [6, 6.07) is 17.7. The maximum absolute atomic E-state index is 13.0. The molecular weight excluding hydrogens is 347 g/mol. The Balaban J connectivity index is 1.40. The van der Waals surface area contributed by atoms with Gasteiger partial charge >= 0.3 is 0 Å². The fourth-order valence-electron chi connectivity index (χ4n) is 2.60. The van der Waals surface area contributed by atoms with Crippen LogP contribution in [-0.2, 0) is 16.1 Å². The predicted octanol–water partition coefficient (Wildman–Crippen LogP) is 3.92. The lowest BCUT2D eigenvalue weighted by atomic mass is 10.0. The van der Waals surface area contributed by atoms with Gasteiger partial charge in [0.15, 0.2) is 5.76 Å². The molecule has 0 spiro atoms. The van der Waals surface area contributed by atoms with Crippen LogP contribution in [0.2, 0.25) is 0 Å². The van der Waals surface area contributed by atoms with Crippen LogP contribution in [0, 0.1) is 5.82 Å². The van der Waals surface area contributed by atoms with Crippen molar-refractivity contribution in [3.63, 3.8) is 0 Å². The van der Waals surface area contributed by atoms with Crippen molar-refractivity contribution < 1.29 is 18.4 Å². The topological polar surface area (TPSA) is 64.4 Å². The van der Waals surface area contributed by atoms with Crippen molar-refractivity contribution >= 4 is 5.91 Å². The molecule has 0 aliphatic heterocycles. The summed E-state index contributed by atoms with van der Waals surface area (Å²) in [5.74, 6) is 0.258. The van der Waals surface area contributed by atoms with Crippen molar-refractivity contribution in [2.75, 3.05) is 13.2 Å². The average molecular weight is 368 g/mol. The van der Waals surface area contributed by atoms with Crippen molar-refractivity contribution in [2.24, 2.45) is 0 Å². The van der Waals surface area contributed by atoms with E-state index in [0.29, 0.717) is 18.0 Å². The van der Waals surface area contributed by atoms with Gasteiger partial charge in [-0.3, -0.25) is 4.79 Å². The zero-order valence-corrected chi connectivity index (χ0v) is 15.0. The van der Waals surface area contributed by atoms with Crippen LogP contribution in [0.4, 0.5) is 4.39 Å². The Labute approximate surface area is 157 Å². The van der Waals surface area contributed by atoms with E-state index in [0.717, 1.165) is 5.56 Å². The largest absolute Gasteiger partial charge is 0.365 e.